The van der Waals surface area contributed by atoms with Crippen molar-refractivity contribution in [2.45, 2.75) is 12.2 Å². The van der Waals surface area contributed by atoms with Gasteiger partial charge in [0.15, 0.2) is 0 Å². The molecule has 0 aliphatic heterocycles. The zero-order valence-corrected chi connectivity index (χ0v) is 6.16. The van der Waals surface area contributed by atoms with Crippen LogP contribution in [0.2, 0.25) is 0 Å². The van der Waals surface area contributed by atoms with Crippen molar-refractivity contribution in [2.24, 2.45) is 0 Å². The van der Waals surface area contributed by atoms with E-state index in [1.165, 1.54) is 4.90 Å². The second-order valence-electron chi connectivity index (χ2n) is 1.87. The molecule has 0 spiro atoms. The van der Waals surface area contributed by atoms with E-state index >= 15 is 0 Å². The Morgan fingerprint density at radius 2 is 2.00 bits per heavy atom. The molecule has 0 aliphatic carbocycles. The zero-order valence-electron chi connectivity index (χ0n) is 5.34. The molecule has 0 N–H and O–H groups in total. The number of nitrogens with zero attached hydrogens (tertiary/aromatic N) is 1. The molecule has 0 aliphatic rings. The minimum Gasteiger partial charge on any atom is -0.348 e. The molecule has 1 amide bonds. The van der Waals surface area contributed by atoms with Crippen molar-refractivity contribution >= 4 is 18.5 Å². The Kier molecular flexibility index (Phi) is 2.90. The van der Waals surface area contributed by atoms with Crippen LogP contribution in [0.1, 0.15) is 6.92 Å². The monoisotopic (exact) mass is 132 g/mol. The summed E-state index contributed by atoms with van der Waals surface area (Å²) in [5.74, 6) is 0.000000000000000444. The lowest BCUT2D eigenvalue weighted by Crippen LogP contribution is -2.28. The molecule has 3 heteroatoms. The summed E-state index contributed by atoms with van der Waals surface area (Å²) in [6.45, 7) is 1.71. The number of hydrogen-bond donors (Lipinski definition) is 0. The third kappa shape index (κ3) is 2.21. The van der Waals surface area contributed by atoms with Crippen molar-refractivity contribution < 1.29 is 4.79 Å². The molecular formula is C5H10NOS. The van der Waals surface area contributed by atoms with Gasteiger partial charge in [-0.15, -0.1) is 0 Å². The molecule has 0 rings (SSSR count). The van der Waals surface area contributed by atoms with Gasteiger partial charge in [0.25, 0.3) is 0 Å². The first-order valence-corrected chi connectivity index (χ1v) is 2.90. The van der Waals surface area contributed by atoms with Crippen molar-refractivity contribution in [3.05, 3.63) is 0 Å². The molecule has 1 radical (unpaired) electrons. The van der Waals surface area contributed by atoms with Crippen LogP contribution in [0.15, 0.2) is 0 Å². The largest absolute Gasteiger partial charge is 0.348 e. The minimum atomic E-state index is -0.287. The second kappa shape index (κ2) is 2.97. The maximum atomic E-state index is 10.7. The highest BCUT2D eigenvalue weighted by Crippen LogP contribution is 1.94. The Bertz CT molecular complexity index is 80.4. The van der Waals surface area contributed by atoms with Gasteiger partial charge in [-0.25, -0.2) is 0 Å². The third-order valence-corrected chi connectivity index (χ3v) is 0.990. The van der Waals surface area contributed by atoms with Crippen LogP contribution in [0.3, 0.4) is 0 Å². The first-order valence-electron chi connectivity index (χ1n) is 2.42. The van der Waals surface area contributed by atoms with Gasteiger partial charge in [-0.1, -0.05) is 12.6 Å². The van der Waals surface area contributed by atoms with Gasteiger partial charge >= 0.3 is 0 Å². The molecule has 0 aromatic heterocycles. The summed E-state index contributed by atoms with van der Waals surface area (Å²) in [6.07, 6.45) is 0. The van der Waals surface area contributed by atoms with Crippen molar-refractivity contribution in [1.29, 1.82) is 0 Å². The Morgan fingerprint density at radius 1 is 1.62 bits per heavy atom. The van der Waals surface area contributed by atoms with E-state index < -0.39 is 0 Å². The fraction of sp³-hybridized carbons (Fsp3) is 0.800. The quantitative estimate of drug-likeness (QED) is 0.513. The van der Waals surface area contributed by atoms with Crippen LogP contribution in [0, 0.1) is 0 Å². The predicted molar refractivity (Wildman–Crippen MR) is 35.7 cm³/mol. The minimum absolute atomic E-state index is 0.000000000000000444. The van der Waals surface area contributed by atoms with Crippen LogP contribution < -0.4 is 0 Å². The SMILES string of the molecule is CC([S])C(=O)N(C)C. The second-order valence-corrected chi connectivity index (χ2v) is 2.58. The van der Waals surface area contributed by atoms with E-state index in [4.69, 9.17) is 0 Å². The standard InChI is InChI=1S/C5H10NOS/c1-4(8)5(7)6(2)3/h4H,1-3H3. The molecule has 1 unspecified atom stereocenters. The van der Waals surface area contributed by atoms with Crippen molar-refractivity contribution in [2.75, 3.05) is 14.1 Å². The van der Waals surface area contributed by atoms with Crippen LogP contribution in [-0.4, -0.2) is 30.2 Å². The number of hydrogen-bond acceptors (Lipinski definition) is 1. The summed E-state index contributed by atoms with van der Waals surface area (Å²) >= 11 is 4.69. The first-order chi connectivity index (χ1) is 3.55. The Morgan fingerprint density at radius 3 is 2.00 bits per heavy atom. The average Bonchev–Trinajstić information content (AvgIpc) is 1.64. The van der Waals surface area contributed by atoms with Crippen LogP contribution in [-0.2, 0) is 4.79 Å². The van der Waals surface area contributed by atoms with Crippen molar-refractivity contribution in [3.8, 4) is 0 Å². The smallest absolute Gasteiger partial charge is 0.235 e. The molecule has 47 valence electrons. The Balaban J connectivity index is 3.65. The zero-order chi connectivity index (χ0) is 6.73. The van der Waals surface area contributed by atoms with E-state index in [1.54, 1.807) is 21.0 Å². The van der Waals surface area contributed by atoms with Crippen molar-refractivity contribution in [1.82, 2.24) is 4.90 Å². The molecule has 8 heavy (non-hydrogen) atoms. The van der Waals surface area contributed by atoms with Gasteiger partial charge in [0.2, 0.25) is 5.91 Å². The third-order valence-electron chi connectivity index (χ3n) is 0.789. The van der Waals surface area contributed by atoms with E-state index in [9.17, 15) is 4.79 Å². The summed E-state index contributed by atoms with van der Waals surface area (Å²) in [6, 6.07) is 0. The van der Waals surface area contributed by atoms with Gasteiger partial charge in [0, 0.05) is 14.1 Å². The fourth-order valence-electron chi connectivity index (χ4n) is 0.364. The highest BCUT2D eigenvalue weighted by molar-refractivity contribution is 7.81. The fourth-order valence-corrected chi connectivity index (χ4v) is 0.574. The molecule has 0 fully saturated rings. The number of carbonyl (C=O) groups excluding carboxylic acids is 1. The van der Waals surface area contributed by atoms with E-state index in [0.29, 0.717) is 0 Å². The molecule has 0 saturated heterocycles. The predicted octanol–water partition coefficient (Wildman–Crippen LogP) is 0.661. The molecule has 2 nitrogen and oxygen atoms in total. The lowest BCUT2D eigenvalue weighted by Gasteiger charge is -2.10. The summed E-state index contributed by atoms with van der Waals surface area (Å²) in [5, 5.41) is -0.287. The highest BCUT2D eigenvalue weighted by atomic mass is 32.1. The molecule has 0 bridgehead atoms. The molecule has 0 aromatic carbocycles. The molecular weight excluding hydrogens is 122 g/mol. The lowest BCUT2D eigenvalue weighted by molar-refractivity contribution is -0.127. The maximum Gasteiger partial charge on any atom is 0.235 e. The maximum absolute atomic E-state index is 10.7. The summed E-state index contributed by atoms with van der Waals surface area (Å²) in [4.78, 5) is 12.2. The van der Waals surface area contributed by atoms with Gasteiger partial charge in [-0.2, -0.15) is 0 Å². The lowest BCUT2D eigenvalue weighted by atomic mass is 10.4. The highest BCUT2D eigenvalue weighted by Gasteiger charge is 2.08. The Labute approximate surface area is 55.3 Å². The van der Waals surface area contributed by atoms with Crippen molar-refractivity contribution in [3.63, 3.8) is 0 Å². The van der Waals surface area contributed by atoms with E-state index in [-0.39, 0.29) is 11.2 Å². The summed E-state index contributed by atoms with van der Waals surface area (Å²) in [7, 11) is 3.40. The number of carbonyl (C=O) groups is 1. The molecule has 0 heterocycles. The van der Waals surface area contributed by atoms with Gasteiger partial charge in [0.05, 0.1) is 5.25 Å². The van der Waals surface area contributed by atoms with Crippen LogP contribution in [0.5, 0.6) is 0 Å². The van der Waals surface area contributed by atoms with Crippen LogP contribution in [0.4, 0.5) is 0 Å². The first kappa shape index (κ1) is 7.82. The van der Waals surface area contributed by atoms with Gasteiger partial charge in [0.1, 0.15) is 0 Å². The van der Waals surface area contributed by atoms with Gasteiger partial charge < -0.3 is 4.90 Å². The topological polar surface area (TPSA) is 20.3 Å². The normalized spacial score (nSPS) is 13.0. The molecule has 0 aromatic rings. The molecule has 0 saturated carbocycles. The summed E-state index contributed by atoms with van der Waals surface area (Å²) in [5.41, 5.74) is 0. The Hall–Kier alpha value is -0.180. The van der Waals surface area contributed by atoms with Crippen LogP contribution >= 0.6 is 12.6 Å². The number of rotatable bonds is 1. The van der Waals surface area contributed by atoms with Gasteiger partial charge in [-0.05, 0) is 6.92 Å². The molecule has 1 atom stereocenters. The van der Waals surface area contributed by atoms with Crippen LogP contribution in [0.25, 0.3) is 0 Å². The number of amides is 1. The summed E-state index contributed by atoms with van der Waals surface area (Å²) < 4.78 is 0. The van der Waals surface area contributed by atoms with E-state index in [0.717, 1.165) is 0 Å². The van der Waals surface area contributed by atoms with Gasteiger partial charge in [-0.3, -0.25) is 4.79 Å². The van der Waals surface area contributed by atoms with E-state index in [2.05, 4.69) is 12.6 Å². The van der Waals surface area contributed by atoms with E-state index in [1.807, 2.05) is 0 Å². The average molecular weight is 132 g/mol.